The third-order valence-corrected chi connectivity index (χ3v) is 5.72. The molecule has 4 rings (SSSR count). The lowest BCUT2D eigenvalue weighted by atomic mass is 10.1. The van der Waals surface area contributed by atoms with Crippen LogP contribution in [0.2, 0.25) is 0 Å². The highest BCUT2D eigenvalue weighted by molar-refractivity contribution is 5.97. The normalized spacial score (nSPS) is 21.6. The summed E-state index contributed by atoms with van der Waals surface area (Å²) in [6.07, 6.45) is 0.653. The van der Waals surface area contributed by atoms with Crippen LogP contribution in [-0.2, 0) is 9.59 Å². The summed E-state index contributed by atoms with van der Waals surface area (Å²) in [5.74, 6) is -0.584. The molecule has 0 radical (unpaired) electrons. The molecule has 2 aliphatic rings. The predicted octanol–water partition coefficient (Wildman–Crippen LogP) is 0.715. The van der Waals surface area contributed by atoms with Crippen molar-refractivity contribution >= 4 is 23.6 Å². The van der Waals surface area contributed by atoms with Crippen LogP contribution in [0.3, 0.4) is 0 Å². The number of fused-ring (bicyclic) bond motifs is 3. The highest BCUT2D eigenvalue weighted by Gasteiger charge is 2.36. The number of nitrogens with zero attached hydrogens (tertiary/aromatic N) is 1. The number of carbonyl (C=O) groups is 4. The second-order valence-electron chi connectivity index (χ2n) is 8.09. The third-order valence-electron chi connectivity index (χ3n) is 5.72. The van der Waals surface area contributed by atoms with Gasteiger partial charge in [0.05, 0.1) is 12.6 Å². The largest absolute Gasteiger partial charge is 0.491 e. The van der Waals surface area contributed by atoms with Crippen LogP contribution in [0.15, 0.2) is 54.6 Å². The molecule has 1 saturated heterocycles. The number of hydrogen-bond donors (Lipinski definition) is 3. The Bertz CT molecular complexity index is 1040. The molecule has 2 aromatic rings. The van der Waals surface area contributed by atoms with Crippen molar-refractivity contribution in [3.63, 3.8) is 0 Å². The Morgan fingerprint density at radius 1 is 1.03 bits per heavy atom. The molecular weight excluding hydrogens is 424 g/mol. The van der Waals surface area contributed by atoms with Crippen molar-refractivity contribution in [2.45, 2.75) is 24.9 Å². The molecule has 0 aromatic heterocycles. The Kier molecular flexibility index (Phi) is 6.87. The molecule has 9 heteroatoms. The van der Waals surface area contributed by atoms with Crippen molar-refractivity contribution in [2.24, 2.45) is 0 Å². The van der Waals surface area contributed by atoms with Gasteiger partial charge >= 0.3 is 0 Å². The maximum Gasteiger partial charge on any atom is 0.251 e. The highest BCUT2D eigenvalue weighted by atomic mass is 16.5. The third kappa shape index (κ3) is 5.68. The molecular formula is C24H26N4O5. The van der Waals surface area contributed by atoms with Crippen molar-refractivity contribution in [1.29, 1.82) is 0 Å². The first-order chi connectivity index (χ1) is 16.0. The van der Waals surface area contributed by atoms with Crippen LogP contribution < -0.4 is 20.7 Å². The lowest BCUT2D eigenvalue weighted by molar-refractivity contribution is -0.132. The summed E-state index contributed by atoms with van der Waals surface area (Å²) in [6, 6.07) is 15.1. The molecule has 0 saturated carbocycles. The average Bonchev–Trinajstić information content (AvgIpc) is 3.24. The van der Waals surface area contributed by atoms with Crippen molar-refractivity contribution in [2.75, 3.05) is 26.2 Å². The van der Waals surface area contributed by atoms with Gasteiger partial charge in [-0.3, -0.25) is 19.2 Å². The molecule has 33 heavy (non-hydrogen) atoms. The van der Waals surface area contributed by atoms with E-state index in [0.29, 0.717) is 29.8 Å². The monoisotopic (exact) mass is 450 g/mol. The van der Waals surface area contributed by atoms with Crippen LogP contribution in [0.4, 0.5) is 0 Å². The number of hydrogen-bond acceptors (Lipinski definition) is 5. The average molecular weight is 450 g/mol. The van der Waals surface area contributed by atoms with Crippen LogP contribution in [0.25, 0.3) is 0 Å². The van der Waals surface area contributed by atoms with E-state index in [1.165, 1.54) is 0 Å². The van der Waals surface area contributed by atoms with Crippen LogP contribution >= 0.6 is 0 Å². The van der Waals surface area contributed by atoms with E-state index in [4.69, 9.17) is 4.74 Å². The first-order valence-corrected chi connectivity index (χ1v) is 10.9. The van der Waals surface area contributed by atoms with Gasteiger partial charge < -0.3 is 25.6 Å². The number of amides is 4. The smallest absolute Gasteiger partial charge is 0.251 e. The zero-order valence-corrected chi connectivity index (χ0v) is 18.1. The molecule has 0 aliphatic carbocycles. The zero-order valence-electron chi connectivity index (χ0n) is 18.1. The number of rotatable bonds is 2. The van der Waals surface area contributed by atoms with Crippen LogP contribution in [0.1, 0.15) is 33.6 Å². The van der Waals surface area contributed by atoms with Crippen molar-refractivity contribution in [3.05, 3.63) is 65.7 Å². The van der Waals surface area contributed by atoms with E-state index in [1.807, 2.05) is 6.07 Å². The summed E-state index contributed by atoms with van der Waals surface area (Å²) in [6.45, 7) is 0.560. The molecule has 0 spiro atoms. The molecule has 2 aromatic carbocycles. The molecule has 9 nitrogen and oxygen atoms in total. The molecule has 1 fully saturated rings. The maximum atomic E-state index is 12.9. The Hall–Kier alpha value is -3.88. The van der Waals surface area contributed by atoms with Gasteiger partial charge in [-0.15, -0.1) is 0 Å². The number of nitrogens with one attached hydrogen (secondary N) is 3. The van der Waals surface area contributed by atoms with E-state index in [9.17, 15) is 19.2 Å². The fourth-order valence-corrected chi connectivity index (χ4v) is 4.04. The number of ether oxygens (including phenoxy) is 1. The lowest BCUT2D eigenvalue weighted by Crippen LogP contribution is -2.42. The van der Waals surface area contributed by atoms with Gasteiger partial charge in [-0.1, -0.05) is 24.3 Å². The summed E-state index contributed by atoms with van der Waals surface area (Å²) >= 11 is 0. The Morgan fingerprint density at radius 3 is 2.67 bits per heavy atom. The van der Waals surface area contributed by atoms with Gasteiger partial charge in [0.15, 0.2) is 0 Å². The van der Waals surface area contributed by atoms with E-state index in [-0.39, 0.29) is 61.8 Å². The van der Waals surface area contributed by atoms with Gasteiger partial charge in [-0.2, -0.15) is 0 Å². The molecule has 3 N–H and O–H groups in total. The first kappa shape index (κ1) is 22.3. The fraction of sp³-hybridized carbons (Fsp3) is 0.333. The second kappa shape index (κ2) is 10.2. The SMILES string of the molecule is O=C1CNC(=O)c2cccc(c2)OC[C@@H]2C[C@@H](NC(=O)c3ccccc3)CN2C(=O)CCN1. The van der Waals surface area contributed by atoms with Gasteiger partial charge in [0.2, 0.25) is 11.8 Å². The van der Waals surface area contributed by atoms with Crippen LogP contribution in [-0.4, -0.2) is 66.9 Å². The molecule has 172 valence electrons. The van der Waals surface area contributed by atoms with E-state index in [0.717, 1.165) is 0 Å². The Labute approximate surface area is 191 Å². The van der Waals surface area contributed by atoms with Crippen molar-refractivity contribution in [3.8, 4) is 5.75 Å². The molecule has 0 unspecified atom stereocenters. The fourth-order valence-electron chi connectivity index (χ4n) is 4.04. The summed E-state index contributed by atoms with van der Waals surface area (Å²) in [5, 5.41) is 8.21. The first-order valence-electron chi connectivity index (χ1n) is 10.9. The number of carbonyl (C=O) groups excluding carboxylic acids is 4. The minimum atomic E-state index is -0.382. The van der Waals surface area contributed by atoms with Gasteiger partial charge in [0.25, 0.3) is 11.8 Å². The van der Waals surface area contributed by atoms with Gasteiger partial charge in [0, 0.05) is 36.7 Å². The summed E-state index contributed by atoms with van der Waals surface area (Å²) in [5.41, 5.74) is 0.935. The van der Waals surface area contributed by atoms with Gasteiger partial charge in [0.1, 0.15) is 12.4 Å². The minimum absolute atomic E-state index is 0.114. The highest BCUT2D eigenvalue weighted by Crippen LogP contribution is 2.22. The maximum absolute atomic E-state index is 12.9. The quantitative estimate of drug-likeness (QED) is 0.623. The van der Waals surface area contributed by atoms with Crippen LogP contribution in [0, 0.1) is 0 Å². The van der Waals surface area contributed by atoms with Crippen molar-refractivity contribution in [1.82, 2.24) is 20.9 Å². The van der Waals surface area contributed by atoms with Crippen LogP contribution in [0.5, 0.6) is 5.75 Å². The lowest BCUT2D eigenvalue weighted by Gasteiger charge is -2.24. The summed E-state index contributed by atoms with van der Waals surface area (Å²) in [7, 11) is 0. The van der Waals surface area contributed by atoms with Gasteiger partial charge in [-0.05, 0) is 36.8 Å². The zero-order chi connectivity index (χ0) is 23.2. The summed E-state index contributed by atoms with van der Waals surface area (Å²) < 4.78 is 5.92. The minimum Gasteiger partial charge on any atom is -0.491 e. The number of benzene rings is 2. The van der Waals surface area contributed by atoms with E-state index in [1.54, 1.807) is 53.4 Å². The molecule has 2 aliphatic heterocycles. The Morgan fingerprint density at radius 2 is 1.85 bits per heavy atom. The molecule has 2 atom stereocenters. The molecule has 2 heterocycles. The Balaban J connectivity index is 1.49. The summed E-state index contributed by atoms with van der Waals surface area (Å²) in [4.78, 5) is 51.5. The van der Waals surface area contributed by atoms with E-state index >= 15 is 0 Å². The predicted molar refractivity (Wildman–Crippen MR) is 120 cm³/mol. The van der Waals surface area contributed by atoms with E-state index < -0.39 is 0 Å². The second-order valence-corrected chi connectivity index (χ2v) is 8.09. The van der Waals surface area contributed by atoms with E-state index in [2.05, 4.69) is 16.0 Å². The molecule has 4 amide bonds. The topological polar surface area (TPSA) is 117 Å². The molecule has 2 bridgehead atoms. The van der Waals surface area contributed by atoms with Crippen molar-refractivity contribution < 1.29 is 23.9 Å². The van der Waals surface area contributed by atoms with Gasteiger partial charge in [-0.25, -0.2) is 0 Å². The standard InChI is InChI=1S/C24H26N4O5/c29-21-13-26-23(31)17-7-4-8-20(11-17)33-15-19-12-18(14-28(19)22(30)9-10-25-21)27-24(32)16-5-2-1-3-6-16/h1-8,11,18-19H,9-10,12-15H2,(H,25,29)(H,26,31)(H,27,32)/t18-,19+/m1/s1.